The summed E-state index contributed by atoms with van der Waals surface area (Å²) in [4.78, 5) is 14.1. The minimum absolute atomic E-state index is 0.0725. The van der Waals surface area contributed by atoms with Crippen LogP contribution in [0.3, 0.4) is 0 Å². The highest BCUT2D eigenvalue weighted by Crippen LogP contribution is 2.17. The van der Waals surface area contributed by atoms with Gasteiger partial charge in [0.05, 0.1) is 26.4 Å². The molecule has 1 aromatic heterocycles. The third kappa shape index (κ3) is 4.77. The van der Waals surface area contributed by atoms with E-state index < -0.39 is 0 Å². The van der Waals surface area contributed by atoms with Gasteiger partial charge in [-0.05, 0) is 18.5 Å². The second-order valence-corrected chi connectivity index (χ2v) is 4.22. The zero-order valence-electron chi connectivity index (χ0n) is 11.6. The molecule has 1 aromatic rings. The Balaban J connectivity index is 2.97. The number of anilines is 1. The molecule has 0 aliphatic rings. The average Bonchev–Trinajstić information content (AvgIpc) is 2.39. The highest BCUT2D eigenvalue weighted by Gasteiger charge is 2.19. The lowest BCUT2D eigenvalue weighted by molar-refractivity contribution is 0.170. The molecular formula is C11H19ClN4O3. The molecule has 1 unspecified atom stereocenters. The Labute approximate surface area is 117 Å². The first-order chi connectivity index (χ1) is 9.12. The summed E-state index contributed by atoms with van der Waals surface area (Å²) in [7, 11) is 4.76. The third-order valence-electron chi connectivity index (χ3n) is 2.49. The number of methoxy groups -OCH3 is 3. The quantitative estimate of drug-likeness (QED) is 0.708. The Hall–Kier alpha value is -1.18. The molecule has 0 aromatic carbocycles. The van der Waals surface area contributed by atoms with Gasteiger partial charge in [0.15, 0.2) is 0 Å². The van der Waals surface area contributed by atoms with Crippen molar-refractivity contribution in [3.63, 3.8) is 0 Å². The van der Waals surface area contributed by atoms with Crippen LogP contribution in [0.1, 0.15) is 6.92 Å². The number of hydrogen-bond donors (Lipinski definition) is 0. The van der Waals surface area contributed by atoms with Crippen molar-refractivity contribution < 1.29 is 14.2 Å². The Bertz CT molecular complexity index is 394. The molecule has 7 nitrogen and oxygen atoms in total. The van der Waals surface area contributed by atoms with Crippen molar-refractivity contribution in [3.05, 3.63) is 5.28 Å². The monoisotopic (exact) mass is 290 g/mol. The van der Waals surface area contributed by atoms with E-state index in [0.29, 0.717) is 25.7 Å². The summed E-state index contributed by atoms with van der Waals surface area (Å²) in [5, 5.41) is 0.0916. The summed E-state index contributed by atoms with van der Waals surface area (Å²) in [5.41, 5.74) is 0. The van der Waals surface area contributed by atoms with Gasteiger partial charge in [-0.15, -0.1) is 0 Å². The zero-order valence-corrected chi connectivity index (χ0v) is 12.3. The normalized spacial score (nSPS) is 12.3. The number of halogens is 1. The van der Waals surface area contributed by atoms with E-state index in [0.717, 1.165) is 0 Å². The van der Waals surface area contributed by atoms with Gasteiger partial charge in [0.1, 0.15) is 0 Å². The van der Waals surface area contributed by atoms with E-state index in [9.17, 15) is 0 Å². The molecule has 1 rings (SSSR count). The van der Waals surface area contributed by atoms with Crippen LogP contribution < -0.4 is 9.64 Å². The van der Waals surface area contributed by atoms with Crippen LogP contribution in [-0.4, -0.2) is 62.1 Å². The predicted molar refractivity (Wildman–Crippen MR) is 71.9 cm³/mol. The molecule has 0 amide bonds. The van der Waals surface area contributed by atoms with Crippen LogP contribution in [0.25, 0.3) is 0 Å². The van der Waals surface area contributed by atoms with Gasteiger partial charge in [0.25, 0.3) is 0 Å². The van der Waals surface area contributed by atoms with Crippen molar-refractivity contribution in [2.75, 3.05) is 46.0 Å². The minimum Gasteiger partial charge on any atom is -0.467 e. The maximum Gasteiger partial charge on any atom is 0.322 e. The van der Waals surface area contributed by atoms with E-state index in [1.807, 2.05) is 11.8 Å². The SMILES string of the molecule is COCCN(c1nc(Cl)nc(OC)n1)C(C)COC. The molecule has 1 atom stereocenters. The fourth-order valence-corrected chi connectivity index (χ4v) is 1.73. The van der Waals surface area contributed by atoms with Gasteiger partial charge in [0, 0.05) is 20.8 Å². The van der Waals surface area contributed by atoms with Crippen molar-refractivity contribution in [2.45, 2.75) is 13.0 Å². The average molecular weight is 291 g/mol. The first kappa shape index (κ1) is 15.9. The third-order valence-corrected chi connectivity index (χ3v) is 2.66. The molecule has 0 fully saturated rings. The number of nitrogens with zero attached hydrogens (tertiary/aromatic N) is 4. The van der Waals surface area contributed by atoms with Crippen LogP contribution in [-0.2, 0) is 9.47 Å². The Morgan fingerprint density at radius 1 is 1.16 bits per heavy atom. The second-order valence-electron chi connectivity index (χ2n) is 3.88. The molecule has 108 valence electrons. The zero-order chi connectivity index (χ0) is 14.3. The lowest BCUT2D eigenvalue weighted by Crippen LogP contribution is -2.40. The fraction of sp³-hybridized carbons (Fsp3) is 0.727. The van der Waals surface area contributed by atoms with Gasteiger partial charge in [-0.3, -0.25) is 0 Å². The predicted octanol–water partition coefficient (Wildman–Crippen LogP) is 1.02. The Kier molecular flexibility index (Phi) is 6.75. The number of ether oxygens (including phenoxy) is 3. The van der Waals surface area contributed by atoms with Crippen molar-refractivity contribution in [2.24, 2.45) is 0 Å². The summed E-state index contributed by atoms with van der Waals surface area (Å²) in [6.45, 7) is 3.70. The molecule has 0 saturated carbocycles. The van der Waals surface area contributed by atoms with E-state index in [4.69, 9.17) is 25.8 Å². The molecule has 0 N–H and O–H groups in total. The van der Waals surface area contributed by atoms with Crippen LogP contribution in [0.15, 0.2) is 0 Å². The molecule has 0 spiro atoms. The minimum atomic E-state index is 0.0725. The maximum atomic E-state index is 5.86. The summed E-state index contributed by atoms with van der Waals surface area (Å²) >= 11 is 5.86. The molecule has 0 bridgehead atoms. The maximum absolute atomic E-state index is 5.86. The summed E-state index contributed by atoms with van der Waals surface area (Å²) in [6.07, 6.45) is 0. The number of rotatable bonds is 8. The van der Waals surface area contributed by atoms with Crippen molar-refractivity contribution >= 4 is 17.5 Å². The topological polar surface area (TPSA) is 69.6 Å². The second kappa shape index (κ2) is 8.08. The van der Waals surface area contributed by atoms with Crippen LogP contribution in [0.5, 0.6) is 6.01 Å². The van der Waals surface area contributed by atoms with Gasteiger partial charge in [0.2, 0.25) is 11.2 Å². The smallest absolute Gasteiger partial charge is 0.322 e. The molecule has 0 aliphatic heterocycles. The summed E-state index contributed by atoms with van der Waals surface area (Å²) in [6, 6.07) is 0.255. The van der Waals surface area contributed by atoms with E-state index >= 15 is 0 Å². The Morgan fingerprint density at radius 2 is 1.89 bits per heavy atom. The molecule has 19 heavy (non-hydrogen) atoms. The highest BCUT2D eigenvalue weighted by atomic mass is 35.5. The number of aromatic nitrogens is 3. The summed E-state index contributed by atoms with van der Waals surface area (Å²) in [5.74, 6) is 0.443. The van der Waals surface area contributed by atoms with Crippen LogP contribution in [0.4, 0.5) is 5.95 Å². The summed E-state index contributed by atoms with van der Waals surface area (Å²) < 4.78 is 15.2. The fourth-order valence-electron chi connectivity index (χ4n) is 1.58. The van der Waals surface area contributed by atoms with Gasteiger partial charge in [-0.1, -0.05) is 0 Å². The molecule has 0 aliphatic carbocycles. The first-order valence-corrected chi connectivity index (χ1v) is 6.20. The first-order valence-electron chi connectivity index (χ1n) is 5.82. The van der Waals surface area contributed by atoms with Gasteiger partial charge in [-0.25, -0.2) is 0 Å². The standard InChI is InChI=1S/C11H19ClN4O3/c1-8(7-18-3)16(5-6-17-2)10-13-9(12)14-11(15-10)19-4/h8H,5-7H2,1-4H3. The van der Waals surface area contributed by atoms with Gasteiger partial charge < -0.3 is 19.1 Å². The molecule has 0 saturated heterocycles. The van der Waals surface area contributed by atoms with Gasteiger partial charge in [-0.2, -0.15) is 15.0 Å². The molecule has 1 heterocycles. The van der Waals surface area contributed by atoms with E-state index in [1.165, 1.54) is 7.11 Å². The number of hydrogen-bond acceptors (Lipinski definition) is 7. The molecule has 8 heteroatoms. The van der Waals surface area contributed by atoms with Crippen LogP contribution in [0.2, 0.25) is 5.28 Å². The van der Waals surface area contributed by atoms with Crippen LogP contribution >= 0.6 is 11.6 Å². The Morgan fingerprint density at radius 3 is 2.47 bits per heavy atom. The van der Waals surface area contributed by atoms with E-state index in [-0.39, 0.29) is 17.3 Å². The molecular weight excluding hydrogens is 272 g/mol. The van der Waals surface area contributed by atoms with Gasteiger partial charge >= 0.3 is 6.01 Å². The molecule has 0 radical (unpaired) electrons. The lowest BCUT2D eigenvalue weighted by atomic mass is 10.3. The van der Waals surface area contributed by atoms with Crippen LogP contribution in [0, 0.1) is 0 Å². The van der Waals surface area contributed by atoms with Crippen molar-refractivity contribution in [1.82, 2.24) is 15.0 Å². The highest BCUT2D eigenvalue weighted by molar-refractivity contribution is 6.28. The van der Waals surface area contributed by atoms with E-state index in [1.54, 1.807) is 14.2 Å². The van der Waals surface area contributed by atoms with E-state index in [2.05, 4.69) is 15.0 Å². The largest absolute Gasteiger partial charge is 0.467 e. The van der Waals surface area contributed by atoms with Crippen molar-refractivity contribution in [3.8, 4) is 6.01 Å². The van der Waals surface area contributed by atoms with Crippen molar-refractivity contribution in [1.29, 1.82) is 0 Å². The lowest BCUT2D eigenvalue weighted by Gasteiger charge is -2.28.